The highest BCUT2D eigenvalue weighted by Crippen LogP contribution is 2.48. The van der Waals surface area contributed by atoms with Crippen molar-refractivity contribution in [1.82, 2.24) is 10.6 Å². The Morgan fingerprint density at radius 3 is 2.17 bits per heavy atom. The molecular weight excluding hydrogens is 561 g/mol. The quantitative estimate of drug-likeness (QED) is 0.168. The normalized spacial score (nSPS) is 13.0. The first-order valence-electron chi connectivity index (χ1n) is 12.6. The summed E-state index contributed by atoms with van der Waals surface area (Å²) in [7, 11) is -3.56. The van der Waals surface area contributed by atoms with Gasteiger partial charge in [0.05, 0.1) is 13.7 Å². The van der Waals surface area contributed by atoms with Gasteiger partial charge in [0.25, 0.3) is 0 Å². The van der Waals surface area contributed by atoms with Crippen LogP contribution in [0.2, 0.25) is 0 Å². The number of benzene rings is 3. The fraction of sp³-hybridized carbons (Fsp3) is 0.286. The molecule has 13 heteroatoms. The Labute approximate surface area is 236 Å². The molecular formula is C28H31F2N2O8P. The number of carbonyl (C=O) groups is 2. The number of amides is 2. The van der Waals surface area contributed by atoms with Crippen molar-refractivity contribution >= 4 is 19.6 Å². The van der Waals surface area contributed by atoms with E-state index in [1.807, 2.05) is 6.07 Å². The van der Waals surface area contributed by atoms with E-state index in [9.17, 15) is 27.8 Å². The minimum absolute atomic E-state index is 0.00109. The number of alkyl carbamates (subject to hydrolysis) is 1. The van der Waals surface area contributed by atoms with Crippen LogP contribution >= 0.6 is 7.60 Å². The number of methoxy groups -OCH3 is 1. The summed E-state index contributed by atoms with van der Waals surface area (Å²) in [4.78, 5) is 34.7. The molecule has 3 N–H and O–H groups in total. The Bertz CT molecular complexity index is 1290. The molecule has 1 unspecified atom stereocenters. The van der Waals surface area contributed by atoms with Crippen molar-refractivity contribution in [2.75, 3.05) is 20.3 Å². The van der Waals surface area contributed by atoms with E-state index in [4.69, 9.17) is 14.2 Å². The van der Waals surface area contributed by atoms with Crippen LogP contribution in [-0.4, -0.2) is 49.4 Å². The molecule has 3 rings (SSSR count). The highest BCUT2D eigenvalue weighted by molar-refractivity contribution is 7.53. The van der Waals surface area contributed by atoms with Gasteiger partial charge in [-0.2, -0.15) is 8.78 Å². The largest absolute Gasteiger partial charge is 0.497 e. The zero-order chi connectivity index (χ0) is 29.7. The molecule has 0 aromatic heterocycles. The van der Waals surface area contributed by atoms with Gasteiger partial charge in [0.15, 0.2) is 0 Å². The standard InChI is InChI=1S/C28H31F2N2O8P/c1-37-22-12-14-23(15-13-22)38-17-5-16-31-26(33)25(32-28(34)39-19-21-6-3-2-4-7-21)18-20-8-10-24(11-9-20)40-41(35,36)27(29)30/h2-4,6-15,25,27H,5,16-19H2,1H3,(H,31,33)(H,32,34)(H,35,36)/t25-/m0/s1. The Morgan fingerprint density at radius 1 is 0.902 bits per heavy atom. The minimum atomic E-state index is -5.13. The molecule has 3 aromatic carbocycles. The maximum Gasteiger partial charge on any atom is 0.442 e. The first-order chi connectivity index (χ1) is 19.7. The number of alkyl halides is 2. The van der Waals surface area contributed by atoms with Crippen molar-refractivity contribution in [3.05, 3.63) is 90.0 Å². The topological polar surface area (TPSA) is 132 Å². The monoisotopic (exact) mass is 592 g/mol. The van der Waals surface area contributed by atoms with Gasteiger partial charge in [-0.1, -0.05) is 42.5 Å². The van der Waals surface area contributed by atoms with Crippen LogP contribution in [0.15, 0.2) is 78.9 Å². The van der Waals surface area contributed by atoms with Crippen LogP contribution in [0.25, 0.3) is 0 Å². The molecule has 0 aliphatic heterocycles. The summed E-state index contributed by atoms with van der Waals surface area (Å²) >= 11 is 0. The summed E-state index contributed by atoms with van der Waals surface area (Å²) in [6, 6.07) is 20.3. The lowest BCUT2D eigenvalue weighted by Crippen LogP contribution is -2.48. The van der Waals surface area contributed by atoms with Gasteiger partial charge in [-0.15, -0.1) is 0 Å². The Balaban J connectivity index is 1.56. The molecule has 0 spiro atoms. The van der Waals surface area contributed by atoms with E-state index >= 15 is 0 Å². The third-order valence-corrected chi connectivity index (χ3v) is 6.58. The van der Waals surface area contributed by atoms with Crippen LogP contribution < -0.4 is 24.6 Å². The van der Waals surface area contributed by atoms with Crippen molar-refractivity contribution in [3.63, 3.8) is 0 Å². The van der Waals surface area contributed by atoms with Gasteiger partial charge in [-0.25, -0.2) is 9.36 Å². The van der Waals surface area contributed by atoms with Crippen LogP contribution in [0.3, 0.4) is 0 Å². The number of halogens is 2. The SMILES string of the molecule is COc1ccc(OCCCNC(=O)[C@H](Cc2ccc(OP(=O)(O)C(F)F)cc2)NC(=O)OCc2ccccc2)cc1. The molecule has 2 atom stereocenters. The molecule has 0 saturated carbocycles. The van der Waals surface area contributed by atoms with Crippen molar-refractivity contribution in [2.24, 2.45) is 0 Å². The third-order valence-electron chi connectivity index (χ3n) is 5.62. The molecule has 0 bridgehead atoms. The maximum absolute atomic E-state index is 13.0. The molecule has 2 amide bonds. The summed E-state index contributed by atoms with van der Waals surface area (Å²) in [5, 5.41) is 5.30. The molecule has 0 fully saturated rings. The van der Waals surface area contributed by atoms with Gasteiger partial charge in [-0.05, 0) is 53.9 Å². The van der Waals surface area contributed by atoms with Gasteiger partial charge in [0.1, 0.15) is 29.9 Å². The second-order valence-electron chi connectivity index (χ2n) is 8.71. The number of carbonyl (C=O) groups excluding carboxylic acids is 2. The van der Waals surface area contributed by atoms with Gasteiger partial charge >= 0.3 is 19.9 Å². The van der Waals surface area contributed by atoms with Crippen LogP contribution in [0.1, 0.15) is 17.5 Å². The Hall–Kier alpha value is -4.15. The fourth-order valence-corrected chi connectivity index (χ4v) is 4.00. The zero-order valence-electron chi connectivity index (χ0n) is 22.2. The van der Waals surface area contributed by atoms with Gasteiger partial charge in [0, 0.05) is 13.0 Å². The van der Waals surface area contributed by atoms with Crippen molar-refractivity contribution in [3.8, 4) is 17.2 Å². The van der Waals surface area contributed by atoms with E-state index in [2.05, 4.69) is 15.2 Å². The predicted molar refractivity (Wildman–Crippen MR) is 146 cm³/mol. The van der Waals surface area contributed by atoms with E-state index in [0.717, 1.165) is 5.56 Å². The highest BCUT2D eigenvalue weighted by atomic mass is 31.2. The Morgan fingerprint density at radius 2 is 1.54 bits per heavy atom. The lowest BCUT2D eigenvalue weighted by atomic mass is 10.1. The van der Waals surface area contributed by atoms with Crippen molar-refractivity contribution < 1.29 is 46.6 Å². The molecule has 0 heterocycles. The van der Waals surface area contributed by atoms with Crippen LogP contribution in [0, 0.1) is 0 Å². The van der Waals surface area contributed by atoms with E-state index in [0.29, 0.717) is 30.1 Å². The summed E-state index contributed by atoms with van der Waals surface area (Å²) in [6.07, 6.45) is -3.86. The Kier molecular flexibility index (Phi) is 11.9. The molecule has 220 valence electrons. The first kappa shape index (κ1) is 31.4. The molecule has 0 radical (unpaired) electrons. The average Bonchev–Trinajstić information content (AvgIpc) is 2.97. The summed E-state index contributed by atoms with van der Waals surface area (Å²) in [6.45, 7) is 0.595. The average molecular weight is 593 g/mol. The maximum atomic E-state index is 13.0. The predicted octanol–water partition coefficient (Wildman–Crippen LogP) is 4.90. The smallest absolute Gasteiger partial charge is 0.442 e. The molecule has 0 aliphatic carbocycles. The van der Waals surface area contributed by atoms with E-state index < -0.39 is 31.8 Å². The fourth-order valence-electron chi connectivity index (χ4n) is 3.50. The van der Waals surface area contributed by atoms with Crippen molar-refractivity contribution in [2.45, 2.75) is 31.7 Å². The van der Waals surface area contributed by atoms with Gasteiger partial charge in [0.2, 0.25) is 5.91 Å². The number of ether oxygens (including phenoxy) is 3. The molecule has 0 aliphatic rings. The summed E-state index contributed by atoms with van der Waals surface area (Å²) < 4.78 is 57.2. The van der Waals surface area contributed by atoms with E-state index in [-0.39, 0.29) is 25.3 Å². The zero-order valence-corrected chi connectivity index (χ0v) is 23.1. The van der Waals surface area contributed by atoms with Gasteiger partial charge in [-0.3, -0.25) is 4.79 Å². The number of hydrogen-bond acceptors (Lipinski definition) is 7. The molecule has 0 saturated heterocycles. The lowest BCUT2D eigenvalue weighted by molar-refractivity contribution is -0.123. The van der Waals surface area contributed by atoms with Crippen molar-refractivity contribution in [1.29, 1.82) is 0 Å². The molecule has 41 heavy (non-hydrogen) atoms. The lowest BCUT2D eigenvalue weighted by Gasteiger charge is -2.19. The van der Waals surface area contributed by atoms with Crippen LogP contribution in [0.4, 0.5) is 13.6 Å². The number of nitrogens with one attached hydrogen (secondary N) is 2. The first-order valence-corrected chi connectivity index (χ1v) is 14.2. The van der Waals surface area contributed by atoms with Gasteiger partial charge < -0.3 is 34.3 Å². The summed E-state index contributed by atoms with van der Waals surface area (Å²) in [5.41, 5.74) is 1.29. The summed E-state index contributed by atoms with van der Waals surface area (Å²) in [5.74, 6) is 0.627. The van der Waals surface area contributed by atoms with Crippen LogP contribution in [0.5, 0.6) is 17.2 Å². The second kappa shape index (κ2) is 15.6. The molecule has 3 aromatic rings. The molecule has 10 nitrogen and oxygen atoms in total. The minimum Gasteiger partial charge on any atom is -0.497 e. The van der Waals surface area contributed by atoms with E-state index in [1.54, 1.807) is 55.6 Å². The van der Waals surface area contributed by atoms with E-state index in [1.165, 1.54) is 24.3 Å². The highest BCUT2D eigenvalue weighted by Gasteiger charge is 2.34. The third kappa shape index (κ3) is 10.7. The second-order valence-corrected chi connectivity index (χ2v) is 10.4. The number of hydrogen-bond donors (Lipinski definition) is 3. The number of rotatable bonds is 15. The van der Waals surface area contributed by atoms with Crippen LogP contribution in [-0.2, 0) is 27.1 Å².